The second kappa shape index (κ2) is 6.96. The highest BCUT2D eigenvalue weighted by molar-refractivity contribution is 9.10. The van der Waals surface area contributed by atoms with Gasteiger partial charge in [-0.3, -0.25) is 4.79 Å². The molecule has 2 nitrogen and oxygen atoms in total. The molecular weight excluding hydrogens is 349 g/mol. The third-order valence-corrected chi connectivity index (χ3v) is 3.69. The average Bonchev–Trinajstić information content (AvgIpc) is 2.23. The number of rotatable bonds is 4. The lowest BCUT2D eigenvalue weighted by Gasteiger charge is -2.22. The number of alkyl halides is 1. The second-order valence-electron chi connectivity index (χ2n) is 5.70. The van der Waals surface area contributed by atoms with E-state index in [1.807, 2.05) is 0 Å². The molecule has 0 saturated carbocycles. The summed E-state index contributed by atoms with van der Waals surface area (Å²) >= 11 is 15.4. The maximum atomic E-state index is 12.0. The van der Waals surface area contributed by atoms with Crippen molar-refractivity contribution in [2.45, 2.75) is 32.6 Å². The topological polar surface area (TPSA) is 29.1 Å². The number of benzene rings is 1. The quantitative estimate of drug-likeness (QED) is 0.756. The van der Waals surface area contributed by atoms with Crippen LogP contribution >= 0.6 is 39.1 Å². The molecule has 0 aliphatic heterocycles. The van der Waals surface area contributed by atoms with Gasteiger partial charge in [-0.15, -0.1) is 11.6 Å². The molecule has 1 aromatic carbocycles. The van der Waals surface area contributed by atoms with Gasteiger partial charge in [0.25, 0.3) is 5.91 Å². The van der Waals surface area contributed by atoms with E-state index in [9.17, 15) is 4.79 Å². The highest BCUT2D eigenvalue weighted by Crippen LogP contribution is 2.24. The van der Waals surface area contributed by atoms with E-state index in [1.165, 1.54) is 0 Å². The molecule has 19 heavy (non-hydrogen) atoms. The minimum absolute atomic E-state index is 0.0741. The molecule has 5 heteroatoms. The predicted molar refractivity (Wildman–Crippen MR) is 85.2 cm³/mol. The zero-order valence-electron chi connectivity index (χ0n) is 11.3. The van der Waals surface area contributed by atoms with Crippen LogP contribution in [0.3, 0.4) is 0 Å². The number of hydrogen-bond acceptors (Lipinski definition) is 1. The van der Waals surface area contributed by atoms with E-state index in [2.05, 4.69) is 42.0 Å². The lowest BCUT2D eigenvalue weighted by molar-refractivity contribution is 0.0951. The summed E-state index contributed by atoms with van der Waals surface area (Å²) in [5, 5.41) is 3.35. The van der Waals surface area contributed by atoms with E-state index in [1.54, 1.807) is 18.2 Å². The van der Waals surface area contributed by atoms with Gasteiger partial charge in [0, 0.05) is 16.0 Å². The van der Waals surface area contributed by atoms with Gasteiger partial charge in [-0.05, 0) is 46.0 Å². The molecule has 1 rings (SSSR count). The van der Waals surface area contributed by atoms with Crippen LogP contribution in [0.2, 0.25) is 5.02 Å². The molecule has 1 atom stereocenters. The summed E-state index contributed by atoms with van der Waals surface area (Å²) in [6.07, 6.45) is 0.844. The second-order valence-corrected chi connectivity index (χ2v) is 7.60. The van der Waals surface area contributed by atoms with E-state index >= 15 is 0 Å². The lowest BCUT2D eigenvalue weighted by Crippen LogP contribution is -2.31. The molecule has 1 aromatic rings. The highest BCUT2D eigenvalue weighted by atomic mass is 79.9. The Morgan fingerprint density at radius 2 is 2.05 bits per heavy atom. The fraction of sp³-hybridized carbons (Fsp3) is 0.500. The number of halogens is 3. The molecule has 0 aromatic heterocycles. The van der Waals surface area contributed by atoms with Gasteiger partial charge in [0.2, 0.25) is 0 Å². The Kier molecular flexibility index (Phi) is 6.15. The Labute approximate surface area is 133 Å². The van der Waals surface area contributed by atoms with Crippen molar-refractivity contribution in [1.29, 1.82) is 0 Å². The first-order chi connectivity index (χ1) is 8.69. The van der Waals surface area contributed by atoms with Gasteiger partial charge in [0.05, 0.1) is 10.9 Å². The molecule has 0 aliphatic rings. The van der Waals surface area contributed by atoms with Crippen LogP contribution in [-0.4, -0.2) is 17.8 Å². The minimum Gasteiger partial charge on any atom is -0.351 e. The summed E-state index contributed by atoms with van der Waals surface area (Å²) in [4.78, 5) is 12.0. The van der Waals surface area contributed by atoms with Crippen LogP contribution in [0.25, 0.3) is 0 Å². The van der Waals surface area contributed by atoms with Gasteiger partial charge < -0.3 is 5.32 Å². The summed E-state index contributed by atoms with van der Waals surface area (Å²) in [6, 6.07) is 5.08. The van der Waals surface area contributed by atoms with Gasteiger partial charge in [0.1, 0.15) is 0 Å². The summed E-state index contributed by atoms with van der Waals surface area (Å²) in [6.45, 7) is 6.83. The SMILES string of the molecule is CC(C)(C)CC(Cl)CNC(=O)c1ccc(Cl)cc1Br. The standard InChI is InChI=1S/C14H18BrCl2NO/c1-14(2,3)7-10(17)8-18-13(19)11-5-4-9(16)6-12(11)15/h4-6,10H,7-8H2,1-3H3,(H,18,19). The third kappa shape index (κ3) is 6.15. The van der Waals surface area contributed by atoms with Crippen LogP contribution in [0.5, 0.6) is 0 Å². The minimum atomic E-state index is -0.150. The summed E-state index contributed by atoms with van der Waals surface area (Å²) in [5.41, 5.74) is 0.710. The van der Waals surface area contributed by atoms with Crippen LogP contribution < -0.4 is 5.32 Å². The van der Waals surface area contributed by atoms with E-state index < -0.39 is 0 Å². The van der Waals surface area contributed by atoms with Gasteiger partial charge >= 0.3 is 0 Å². The molecule has 0 heterocycles. The average molecular weight is 367 g/mol. The zero-order chi connectivity index (χ0) is 14.6. The summed E-state index contributed by atoms with van der Waals surface area (Å²) in [5.74, 6) is -0.150. The zero-order valence-corrected chi connectivity index (χ0v) is 14.4. The van der Waals surface area contributed by atoms with E-state index in [-0.39, 0.29) is 16.7 Å². The first-order valence-corrected chi connectivity index (χ1v) is 7.67. The Hall–Kier alpha value is -0.250. The van der Waals surface area contributed by atoms with Gasteiger partial charge in [-0.2, -0.15) is 0 Å². The molecule has 0 radical (unpaired) electrons. The summed E-state index contributed by atoms with van der Waals surface area (Å²) in [7, 11) is 0. The molecule has 1 unspecified atom stereocenters. The van der Waals surface area contributed by atoms with Crippen molar-refractivity contribution in [3.05, 3.63) is 33.3 Å². The molecule has 0 bridgehead atoms. The van der Waals surface area contributed by atoms with Crippen LogP contribution in [0, 0.1) is 5.41 Å². The largest absolute Gasteiger partial charge is 0.351 e. The number of carbonyl (C=O) groups excluding carboxylic acids is 1. The van der Waals surface area contributed by atoms with E-state index in [0.29, 0.717) is 21.6 Å². The van der Waals surface area contributed by atoms with Crippen molar-refractivity contribution in [3.8, 4) is 0 Å². The van der Waals surface area contributed by atoms with Crippen molar-refractivity contribution >= 4 is 45.0 Å². The molecule has 106 valence electrons. The molecule has 1 N–H and O–H groups in total. The predicted octanol–water partition coefficient (Wildman–Crippen LogP) is 4.88. The Bertz CT molecular complexity index is 457. The van der Waals surface area contributed by atoms with E-state index in [4.69, 9.17) is 23.2 Å². The van der Waals surface area contributed by atoms with Gasteiger partial charge in [-0.1, -0.05) is 32.4 Å². The lowest BCUT2D eigenvalue weighted by atomic mass is 9.90. The van der Waals surface area contributed by atoms with Crippen molar-refractivity contribution in [2.24, 2.45) is 5.41 Å². The number of nitrogens with one attached hydrogen (secondary N) is 1. The fourth-order valence-corrected chi connectivity index (χ4v) is 3.11. The molecule has 1 amide bonds. The van der Waals surface area contributed by atoms with Crippen molar-refractivity contribution in [1.82, 2.24) is 5.32 Å². The van der Waals surface area contributed by atoms with Crippen LogP contribution in [0.15, 0.2) is 22.7 Å². The molecule has 0 aliphatic carbocycles. The van der Waals surface area contributed by atoms with Crippen molar-refractivity contribution in [3.63, 3.8) is 0 Å². The fourth-order valence-electron chi connectivity index (χ4n) is 1.71. The monoisotopic (exact) mass is 365 g/mol. The van der Waals surface area contributed by atoms with Crippen LogP contribution in [0.4, 0.5) is 0 Å². The Balaban J connectivity index is 2.56. The van der Waals surface area contributed by atoms with Crippen molar-refractivity contribution in [2.75, 3.05) is 6.54 Å². The highest BCUT2D eigenvalue weighted by Gasteiger charge is 2.18. The maximum absolute atomic E-state index is 12.0. The van der Waals surface area contributed by atoms with E-state index in [0.717, 1.165) is 6.42 Å². The number of carbonyl (C=O) groups is 1. The smallest absolute Gasteiger partial charge is 0.252 e. The normalized spacial score (nSPS) is 13.2. The van der Waals surface area contributed by atoms with Crippen LogP contribution in [0.1, 0.15) is 37.6 Å². The first kappa shape index (κ1) is 16.8. The molecule has 0 fully saturated rings. The Morgan fingerprint density at radius 3 is 2.58 bits per heavy atom. The number of amides is 1. The van der Waals surface area contributed by atoms with Gasteiger partial charge in [0.15, 0.2) is 0 Å². The van der Waals surface area contributed by atoms with Crippen molar-refractivity contribution < 1.29 is 4.79 Å². The Morgan fingerprint density at radius 1 is 1.42 bits per heavy atom. The first-order valence-electron chi connectivity index (χ1n) is 6.06. The van der Waals surface area contributed by atoms with Crippen LogP contribution in [-0.2, 0) is 0 Å². The third-order valence-electron chi connectivity index (χ3n) is 2.49. The molecule has 0 spiro atoms. The number of hydrogen-bond donors (Lipinski definition) is 1. The molecule has 0 saturated heterocycles. The maximum Gasteiger partial charge on any atom is 0.252 e. The van der Waals surface area contributed by atoms with Gasteiger partial charge in [-0.25, -0.2) is 0 Å². The molecular formula is C14H18BrCl2NO. The summed E-state index contributed by atoms with van der Waals surface area (Å²) < 4.78 is 0.680.